The van der Waals surface area contributed by atoms with Crippen molar-refractivity contribution in [2.24, 2.45) is 0 Å². The van der Waals surface area contributed by atoms with Gasteiger partial charge in [0.05, 0.1) is 6.42 Å². The van der Waals surface area contributed by atoms with Gasteiger partial charge in [-0.15, -0.1) is 10.2 Å². The zero-order valence-corrected chi connectivity index (χ0v) is 15.8. The van der Waals surface area contributed by atoms with Crippen LogP contribution in [-0.2, 0) is 11.2 Å². The van der Waals surface area contributed by atoms with Crippen LogP contribution in [0.5, 0.6) is 0 Å². The minimum atomic E-state index is -2.72. The lowest BCUT2D eigenvalue weighted by Crippen LogP contribution is -2.14. The van der Waals surface area contributed by atoms with Crippen molar-refractivity contribution in [3.05, 3.63) is 57.4 Å². The normalized spacial score (nSPS) is 10.8. The summed E-state index contributed by atoms with van der Waals surface area (Å²) in [6, 6.07) is 9.75. The van der Waals surface area contributed by atoms with Gasteiger partial charge in [0.15, 0.2) is 15.4 Å². The number of aromatic nitrogens is 2. The highest BCUT2D eigenvalue weighted by Crippen LogP contribution is 2.25. The minimum Gasteiger partial charge on any atom is -0.444 e. The van der Waals surface area contributed by atoms with Crippen LogP contribution in [0.2, 0.25) is 0 Å². The smallest absolute Gasteiger partial charge is 0.291 e. The summed E-state index contributed by atoms with van der Waals surface area (Å²) < 4.78 is 30.5. The molecule has 0 radical (unpaired) electrons. The van der Waals surface area contributed by atoms with E-state index < -0.39 is 23.2 Å². The number of carbonyl (C=O) groups is 2. The zero-order chi connectivity index (χ0) is 19.4. The predicted molar refractivity (Wildman–Crippen MR) is 98.0 cm³/mol. The number of nitrogens with zero attached hydrogens (tertiary/aromatic N) is 2. The largest absolute Gasteiger partial charge is 0.444 e. The Kier molecular flexibility index (Phi) is 5.91. The first-order valence-corrected chi connectivity index (χ1v) is 9.08. The van der Waals surface area contributed by atoms with E-state index in [2.05, 4.69) is 36.8 Å². The van der Waals surface area contributed by atoms with Crippen molar-refractivity contribution in [1.29, 1.82) is 0 Å². The van der Waals surface area contributed by atoms with Crippen LogP contribution in [0.4, 0.5) is 19.6 Å². The molecule has 0 atom stereocenters. The first kappa shape index (κ1) is 19.1. The average molecular weight is 457 g/mol. The second-order valence-electron chi connectivity index (χ2n) is 5.23. The Morgan fingerprint density at radius 2 is 1.85 bits per heavy atom. The second-order valence-corrected chi connectivity index (χ2v) is 7.02. The van der Waals surface area contributed by atoms with Crippen molar-refractivity contribution in [2.75, 3.05) is 10.6 Å². The molecular formula is C16H11BrF2N4O3S. The fourth-order valence-electron chi connectivity index (χ4n) is 2.06. The lowest BCUT2D eigenvalue weighted by molar-refractivity contribution is -0.115. The maximum absolute atomic E-state index is 12.5. The number of hydrogen-bond donors (Lipinski definition) is 2. The van der Waals surface area contributed by atoms with Gasteiger partial charge in [-0.05, 0) is 45.8 Å². The van der Waals surface area contributed by atoms with Gasteiger partial charge in [0.1, 0.15) is 0 Å². The summed E-state index contributed by atoms with van der Waals surface area (Å²) in [5, 5.41) is 11.4. The SMILES string of the molecule is O=C(Cc1ccc(NC(=O)c2ccc(Br)o2)cc1)Nc1nnc(C(F)F)s1. The molecule has 0 saturated carbocycles. The molecule has 0 bridgehead atoms. The van der Waals surface area contributed by atoms with Crippen molar-refractivity contribution < 1.29 is 22.8 Å². The molecule has 3 rings (SSSR count). The van der Waals surface area contributed by atoms with Crippen molar-refractivity contribution in [1.82, 2.24) is 10.2 Å². The van der Waals surface area contributed by atoms with Crippen LogP contribution in [0.25, 0.3) is 0 Å². The number of anilines is 2. The standard InChI is InChI=1S/C16H11BrF2N4O3S/c17-11-6-5-10(26-11)14(25)20-9-3-1-8(2-4-9)7-12(24)21-16-23-22-15(27-16)13(18)19/h1-6,13H,7H2,(H,20,25)(H,21,23,24). The number of alkyl halides is 2. The van der Waals surface area contributed by atoms with Gasteiger partial charge in [-0.1, -0.05) is 23.5 Å². The third-order valence-electron chi connectivity index (χ3n) is 3.25. The highest BCUT2D eigenvalue weighted by atomic mass is 79.9. The maximum atomic E-state index is 12.5. The van der Waals surface area contributed by atoms with Crippen LogP contribution in [0.3, 0.4) is 0 Å². The number of halogens is 3. The highest BCUT2D eigenvalue weighted by Gasteiger charge is 2.15. The van der Waals surface area contributed by atoms with Gasteiger partial charge in [-0.2, -0.15) is 0 Å². The van der Waals surface area contributed by atoms with E-state index in [-0.39, 0.29) is 17.3 Å². The highest BCUT2D eigenvalue weighted by molar-refractivity contribution is 9.10. The average Bonchev–Trinajstić information content (AvgIpc) is 3.26. The summed E-state index contributed by atoms with van der Waals surface area (Å²) in [4.78, 5) is 24.0. The maximum Gasteiger partial charge on any atom is 0.291 e. The van der Waals surface area contributed by atoms with E-state index in [0.29, 0.717) is 27.3 Å². The Morgan fingerprint density at radius 3 is 2.44 bits per heavy atom. The third-order valence-corrected chi connectivity index (χ3v) is 4.52. The molecule has 2 amide bonds. The third kappa shape index (κ3) is 5.17. The molecule has 27 heavy (non-hydrogen) atoms. The van der Waals surface area contributed by atoms with Gasteiger partial charge in [0, 0.05) is 5.69 Å². The lowest BCUT2D eigenvalue weighted by Gasteiger charge is -2.05. The molecule has 7 nitrogen and oxygen atoms in total. The van der Waals surface area contributed by atoms with E-state index >= 15 is 0 Å². The topological polar surface area (TPSA) is 97.1 Å². The van der Waals surface area contributed by atoms with E-state index in [1.54, 1.807) is 30.3 Å². The Morgan fingerprint density at radius 1 is 1.11 bits per heavy atom. The van der Waals surface area contributed by atoms with E-state index in [4.69, 9.17) is 4.42 Å². The Balaban J connectivity index is 1.55. The molecule has 0 aliphatic rings. The van der Waals surface area contributed by atoms with E-state index in [1.165, 1.54) is 6.07 Å². The van der Waals surface area contributed by atoms with Crippen LogP contribution >= 0.6 is 27.3 Å². The molecule has 0 aliphatic heterocycles. The minimum absolute atomic E-state index is 0.0168. The fraction of sp³-hybridized carbons (Fsp3) is 0.125. The van der Waals surface area contributed by atoms with Crippen LogP contribution in [0, 0.1) is 0 Å². The number of nitrogens with one attached hydrogen (secondary N) is 2. The molecule has 2 N–H and O–H groups in total. The Bertz CT molecular complexity index is 959. The number of amides is 2. The summed E-state index contributed by atoms with van der Waals surface area (Å²) in [5.74, 6) is -0.660. The molecule has 1 aromatic carbocycles. The molecule has 11 heteroatoms. The summed E-state index contributed by atoms with van der Waals surface area (Å²) in [7, 11) is 0. The van der Waals surface area contributed by atoms with Crippen molar-refractivity contribution in [2.45, 2.75) is 12.8 Å². The predicted octanol–water partition coefficient (Wildman–Crippen LogP) is 4.26. The summed E-state index contributed by atoms with van der Waals surface area (Å²) in [5.41, 5.74) is 1.20. The first-order valence-electron chi connectivity index (χ1n) is 7.48. The number of hydrogen-bond acceptors (Lipinski definition) is 6. The van der Waals surface area contributed by atoms with Gasteiger partial charge in [-0.25, -0.2) is 8.78 Å². The number of benzene rings is 1. The monoisotopic (exact) mass is 456 g/mol. The first-order chi connectivity index (χ1) is 12.9. The molecular weight excluding hydrogens is 446 g/mol. The van der Waals surface area contributed by atoms with Crippen molar-refractivity contribution in [3.8, 4) is 0 Å². The van der Waals surface area contributed by atoms with Crippen molar-refractivity contribution >= 4 is 49.9 Å². The van der Waals surface area contributed by atoms with Gasteiger partial charge in [0.25, 0.3) is 12.3 Å². The summed E-state index contributed by atoms with van der Waals surface area (Å²) in [6.45, 7) is 0. The van der Waals surface area contributed by atoms with Gasteiger partial charge >= 0.3 is 0 Å². The number of furan rings is 1. The molecule has 0 fully saturated rings. The van der Waals surface area contributed by atoms with Gasteiger partial charge in [-0.3, -0.25) is 9.59 Å². The fourth-order valence-corrected chi connectivity index (χ4v) is 2.98. The van der Waals surface area contributed by atoms with Gasteiger partial charge in [0.2, 0.25) is 11.0 Å². The number of rotatable bonds is 6. The van der Waals surface area contributed by atoms with Gasteiger partial charge < -0.3 is 15.1 Å². The number of carbonyl (C=O) groups excluding carboxylic acids is 2. The summed E-state index contributed by atoms with van der Waals surface area (Å²) in [6.07, 6.45) is -2.71. The van der Waals surface area contributed by atoms with Crippen LogP contribution in [-0.4, -0.2) is 22.0 Å². The second kappa shape index (κ2) is 8.35. The molecule has 140 valence electrons. The molecule has 0 saturated heterocycles. The molecule has 0 aliphatic carbocycles. The molecule has 0 unspecified atom stereocenters. The van der Waals surface area contributed by atoms with E-state index in [1.807, 2.05) is 0 Å². The Labute approximate surface area is 163 Å². The summed E-state index contributed by atoms with van der Waals surface area (Å²) >= 11 is 3.75. The van der Waals surface area contributed by atoms with Crippen LogP contribution < -0.4 is 10.6 Å². The molecule has 3 aromatic rings. The lowest BCUT2D eigenvalue weighted by atomic mass is 10.1. The van der Waals surface area contributed by atoms with E-state index in [0.717, 1.165) is 0 Å². The van der Waals surface area contributed by atoms with Crippen LogP contribution in [0.1, 0.15) is 27.6 Å². The zero-order valence-electron chi connectivity index (χ0n) is 13.4. The van der Waals surface area contributed by atoms with Crippen LogP contribution in [0.15, 0.2) is 45.5 Å². The van der Waals surface area contributed by atoms with E-state index in [9.17, 15) is 18.4 Å². The molecule has 2 aromatic heterocycles. The van der Waals surface area contributed by atoms with Crippen molar-refractivity contribution in [3.63, 3.8) is 0 Å². The Hall–Kier alpha value is -2.66. The quantitative estimate of drug-likeness (QED) is 0.577. The molecule has 0 spiro atoms. The molecule has 2 heterocycles.